The Hall–Kier alpha value is -2.15. The predicted octanol–water partition coefficient (Wildman–Crippen LogP) is 1.66. The maximum atomic E-state index is 13.1. The van der Waals surface area contributed by atoms with E-state index in [9.17, 15) is 9.59 Å². The topological polar surface area (TPSA) is 68.8 Å². The van der Waals surface area contributed by atoms with Gasteiger partial charge in [-0.1, -0.05) is 19.8 Å². The third kappa shape index (κ3) is 2.94. The minimum Gasteiger partial charge on any atom is -0.369 e. The molecule has 0 aromatic carbocycles. The first kappa shape index (κ1) is 17.3. The first-order chi connectivity index (χ1) is 12.6. The first-order valence-corrected chi connectivity index (χ1v) is 9.61. The average Bonchev–Trinajstić information content (AvgIpc) is 2.90. The highest BCUT2D eigenvalue weighted by atomic mass is 16.2. The minimum atomic E-state index is -0.659. The molecule has 26 heavy (non-hydrogen) atoms. The summed E-state index contributed by atoms with van der Waals surface area (Å²) < 4.78 is 0. The number of anilines is 1. The third-order valence-electron chi connectivity index (χ3n) is 6.24. The molecular weight excluding hydrogens is 330 g/mol. The highest BCUT2D eigenvalue weighted by molar-refractivity contribution is 6.07. The molecule has 2 aliphatic heterocycles. The van der Waals surface area contributed by atoms with Crippen LogP contribution in [-0.4, -0.2) is 65.1 Å². The summed E-state index contributed by atoms with van der Waals surface area (Å²) in [6.07, 6.45) is 7.53. The fourth-order valence-corrected chi connectivity index (χ4v) is 4.53. The highest BCUT2D eigenvalue weighted by Crippen LogP contribution is 2.38. The smallest absolute Gasteiger partial charge is 0.326 e. The molecule has 0 unspecified atom stereocenters. The van der Waals surface area contributed by atoms with Crippen LogP contribution in [0.25, 0.3) is 0 Å². The van der Waals surface area contributed by atoms with Crippen LogP contribution < -0.4 is 10.2 Å². The van der Waals surface area contributed by atoms with Crippen LogP contribution >= 0.6 is 0 Å². The molecule has 3 heterocycles. The second-order valence-corrected chi connectivity index (χ2v) is 7.73. The maximum absolute atomic E-state index is 13.1. The lowest BCUT2D eigenvalue weighted by Gasteiger charge is -2.38. The van der Waals surface area contributed by atoms with Crippen LogP contribution in [0.1, 0.15) is 32.6 Å². The van der Waals surface area contributed by atoms with Crippen molar-refractivity contribution in [1.29, 1.82) is 0 Å². The number of piperazine rings is 1. The second kappa shape index (κ2) is 6.87. The number of amides is 3. The summed E-state index contributed by atoms with van der Waals surface area (Å²) >= 11 is 0. The molecule has 1 aliphatic carbocycles. The van der Waals surface area contributed by atoms with Crippen molar-refractivity contribution in [2.75, 3.05) is 37.7 Å². The van der Waals surface area contributed by atoms with E-state index < -0.39 is 5.54 Å². The van der Waals surface area contributed by atoms with Gasteiger partial charge in [-0.25, -0.2) is 9.69 Å². The Morgan fingerprint density at radius 3 is 2.58 bits per heavy atom. The Balaban J connectivity index is 1.38. The summed E-state index contributed by atoms with van der Waals surface area (Å²) in [5, 5.41) is 3.04. The number of rotatable bonds is 3. The summed E-state index contributed by atoms with van der Waals surface area (Å²) in [4.78, 5) is 35.6. The van der Waals surface area contributed by atoms with Gasteiger partial charge in [0, 0.05) is 44.3 Å². The van der Waals surface area contributed by atoms with E-state index in [1.54, 1.807) is 12.4 Å². The van der Waals surface area contributed by atoms with Gasteiger partial charge < -0.3 is 10.2 Å². The van der Waals surface area contributed by atoms with Gasteiger partial charge in [0.25, 0.3) is 5.91 Å². The molecule has 140 valence electrons. The number of nitrogens with zero attached hydrogens (tertiary/aromatic N) is 4. The van der Waals surface area contributed by atoms with Crippen LogP contribution in [0, 0.1) is 5.92 Å². The van der Waals surface area contributed by atoms with E-state index >= 15 is 0 Å². The average molecular weight is 357 g/mol. The fraction of sp³-hybridized carbons (Fsp3) is 0.632. The predicted molar refractivity (Wildman–Crippen MR) is 98.6 cm³/mol. The molecule has 1 spiro atoms. The molecule has 3 fully saturated rings. The number of hydrogen-bond donors (Lipinski definition) is 1. The Kier molecular flexibility index (Phi) is 4.56. The SMILES string of the molecule is C[C@H]1CCCC[C@@]12NC(=O)N(CN1CCN(c3ccncc3)CC1)C2=O. The molecule has 4 rings (SSSR count). The normalized spacial score (nSPS) is 30.1. The molecule has 0 bridgehead atoms. The van der Waals surface area contributed by atoms with Gasteiger partial charge in [-0.3, -0.25) is 14.7 Å². The van der Waals surface area contributed by atoms with Crippen LogP contribution in [0.3, 0.4) is 0 Å². The first-order valence-electron chi connectivity index (χ1n) is 9.61. The number of aromatic nitrogens is 1. The van der Waals surface area contributed by atoms with Gasteiger partial charge in [0.15, 0.2) is 0 Å². The number of imide groups is 1. The quantitative estimate of drug-likeness (QED) is 0.834. The molecule has 0 radical (unpaired) electrons. The van der Waals surface area contributed by atoms with Crippen molar-refractivity contribution in [3.05, 3.63) is 24.5 Å². The van der Waals surface area contributed by atoms with E-state index in [0.717, 1.165) is 51.9 Å². The Morgan fingerprint density at radius 2 is 1.88 bits per heavy atom. The lowest BCUT2D eigenvalue weighted by Crippen LogP contribution is -2.55. The molecule has 2 atom stereocenters. The number of hydrogen-bond acceptors (Lipinski definition) is 5. The summed E-state index contributed by atoms with van der Waals surface area (Å²) in [5.41, 5.74) is 0.512. The third-order valence-corrected chi connectivity index (χ3v) is 6.24. The molecule has 7 nitrogen and oxygen atoms in total. The zero-order valence-electron chi connectivity index (χ0n) is 15.4. The van der Waals surface area contributed by atoms with Crippen molar-refractivity contribution in [2.24, 2.45) is 5.92 Å². The Morgan fingerprint density at radius 1 is 1.15 bits per heavy atom. The van der Waals surface area contributed by atoms with Gasteiger partial charge in [-0.15, -0.1) is 0 Å². The molecule has 7 heteroatoms. The van der Waals surface area contributed by atoms with Crippen LogP contribution in [0.5, 0.6) is 0 Å². The highest BCUT2D eigenvalue weighted by Gasteiger charge is 2.55. The largest absolute Gasteiger partial charge is 0.369 e. The summed E-state index contributed by atoms with van der Waals surface area (Å²) in [5.74, 6) is 0.188. The lowest BCUT2D eigenvalue weighted by atomic mass is 9.73. The van der Waals surface area contributed by atoms with Crippen LogP contribution in [0.4, 0.5) is 10.5 Å². The molecule has 1 aromatic rings. The van der Waals surface area contributed by atoms with Gasteiger partial charge in [0.1, 0.15) is 5.54 Å². The van der Waals surface area contributed by atoms with E-state index in [1.807, 2.05) is 12.1 Å². The van der Waals surface area contributed by atoms with Gasteiger partial charge in [-0.05, 0) is 30.9 Å². The number of carbonyl (C=O) groups is 2. The summed E-state index contributed by atoms with van der Waals surface area (Å²) in [6.45, 7) is 5.92. The number of carbonyl (C=O) groups excluding carboxylic acids is 2. The van der Waals surface area contributed by atoms with Crippen molar-refractivity contribution in [2.45, 2.75) is 38.1 Å². The molecule has 3 aliphatic rings. The summed E-state index contributed by atoms with van der Waals surface area (Å²) in [6, 6.07) is 3.81. The zero-order valence-corrected chi connectivity index (χ0v) is 15.4. The van der Waals surface area contributed by atoms with Crippen LogP contribution in [-0.2, 0) is 4.79 Å². The van der Waals surface area contributed by atoms with Crippen LogP contribution in [0.2, 0.25) is 0 Å². The molecular formula is C19H27N5O2. The monoisotopic (exact) mass is 357 g/mol. The number of urea groups is 1. The minimum absolute atomic E-state index is 0.0220. The van der Waals surface area contributed by atoms with Crippen molar-refractivity contribution < 1.29 is 9.59 Å². The maximum Gasteiger partial charge on any atom is 0.326 e. The van der Waals surface area contributed by atoms with Gasteiger partial charge in [0.05, 0.1) is 6.67 Å². The van der Waals surface area contributed by atoms with Crippen molar-refractivity contribution in [3.8, 4) is 0 Å². The molecule has 2 saturated heterocycles. The second-order valence-electron chi connectivity index (χ2n) is 7.73. The van der Waals surface area contributed by atoms with Crippen molar-refractivity contribution in [1.82, 2.24) is 20.1 Å². The molecule has 1 N–H and O–H groups in total. The molecule has 1 saturated carbocycles. The van der Waals surface area contributed by atoms with E-state index in [1.165, 1.54) is 10.6 Å². The Bertz CT molecular complexity index is 674. The van der Waals surface area contributed by atoms with Gasteiger partial charge in [0.2, 0.25) is 0 Å². The van der Waals surface area contributed by atoms with E-state index in [4.69, 9.17) is 0 Å². The zero-order chi connectivity index (χ0) is 18.1. The van der Waals surface area contributed by atoms with Gasteiger partial charge in [-0.2, -0.15) is 0 Å². The van der Waals surface area contributed by atoms with E-state index in [-0.39, 0.29) is 17.9 Å². The van der Waals surface area contributed by atoms with Crippen LogP contribution in [0.15, 0.2) is 24.5 Å². The Labute approximate surface area is 154 Å². The van der Waals surface area contributed by atoms with Crippen molar-refractivity contribution >= 4 is 17.6 Å². The number of pyridine rings is 1. The lowest BCUT2D eigenvalue weighted by molar-refractivity contribution is -0.135. The van der Waals surface area contributed by atoms with Crippen molar-refractivity contribution in [3.63, 3.8) is 0 Å². The molecule has 3 amide bonds. The summed E-state index contributed by atoms with van der Waals surface area (Å²) in [7, 11) is 0. The fourth-order valence-electron chi connectivity index (χ4n) is 4.53. The number of nitrogens with one attached hydrogen (secondary N) is 1. The standard InChI is InChI=1S/C19H27N5O2/c1-15-4-2-3-7-19(15)17(25)24(18(26)21-19)14-22-10-12-23(13-11-22)16-5-8-20-9-6-16/h5-6,8-9,15H,2-4,7,10-14H2,1H3,(H,21,26)/t15-,19+/m0/s1. The van der Waals surface area contributed by atoms with E-state index in [2.05, 4.69) is 27.0 Å². The van der Waals surface area contributed by atoms with Gasteiger partial charge >= 0.3 is 6.03 Å². The van der Waals surface area contributed by atoms with E-state index in [0.29, 0.717) is 6.67 Å². The molecule has 1 aromatic heterocycles.